The predicted molar refractivity (Wildman–Crippen MR) is 233 cm³/mol. The number of aromatic carboxylic acids is 1. The molecule has 0 aliphatic heterocycles. The topological polar surface area (TPSA) is 184 Å². The number of hydrogen-bond donors (Lipinski definition) is 4. The Labute approximate surface area is 352 Å². The van der Waals surface area contributed by atoms with Gasteiger partial charge in [0, 0.05) is 41.2 Å². The SMILES string of the molecule is COc1cc(Cc2cc(Oc3ccc(NC(=O)Nc4cc(C(C)(C)C)cc(NS(C)(=O)=O)c4OC)c4ccccc34)ccn2)cc(OCCOCc2csc(C(=O)O)c2)c1. The second kappa shape index (κ2) is 18.7. The Morgan fingerprint density at radius 3 is 2.23 bits per heavy atom. The van der Waals surface area contributed by atoms with E-state index in [1.54, 1.807) is 61.2 Å². The van der Waals surface area contributed by atoms with E-state index in [9.17, 15) is 18.0 Å². The highest BCUT2D eigenvalue weighted by Crippen LogP contribution is 2.40. The number of nitrogens with zero attached hydrogens (tertiary/aromatic N) is 1. The minimum atomic E-state index is -3.65. The number of fused-ring (bicyclic) bond motifs is 1. The van der Waals surface area contributed by atoms with Gasteiger partial charge >= 0.3 is 12.0 Å². The number of methoxy groups -OCH3 is 2. The van der Waals surface area contributed by atoms with Gasteiger partial charge in [-0.1, -0.05) is 45.0 Å². The minimum Gasteiger partial charge on any atom is -0.497 e. The Morgan fingerprint density at radius 2 is 1.53 bits per heavy atom. The molecular weight excluding hydrogens is 809 g/mol. The number of urea groups is 1. The summed E-state index contributed by atoms with van der Waals surface area (Å²) in [4.78, 5) is 29.5. The number of carboxylic acids is 1. The molecule has 2 aromatic heterocycles. The van der Waals surface area contributed by atoms with Crippen molar-refractivity contribution in [3.8, 4) is 28.7 Å². The highest BCUT2D eigenvalue weighted by molar-refractivity contribution is 7.92. The molecule has 0 bridgehead atoms. The number of rotatable bonds is 17. The first-order valence-corrected chi connectivity index (χ1v) is 21.5. The lowest BCUT2D eigenvalue weighted by Gasteiger charge is -2.24. The molecule has 0 aliphatic rings. The first-order valence-electron chi connectivity index (χ1n) is 18.7. The monoisotopic (exact) mass is 854 g/mol. The van der Waals surface area contributed by atoms with Gasteiger partial charge < -0.3 is 39.4 Å². The van der Waals surface area contributed by atoms with E-state index < -0.39 is 22.0 Å². The van der Waals surface area contributed by atoms with Crippen molar-refractivity contribution in [3.05, 3.63) is 124 Å². The third-order valence-corrected chi connectivity index (χ3v) is 10.6. The minimum absolute atomic E-state index is 0.168. The van der Waals surface area contributed by atoms with E-state index in [2.05, 4.69) is 20.3 Å². The fourth-order valence-electron chi connectivity index (χ4n) is 6.25. The number of anilines is 3. The number of carboxylic acid groups (broad SMARTS) is 1. The fourth-order valence-corrected chi connectivity index (χ4v) is 7.54. The molecule has 0 saturated heterocycles. The van der Waals surface area contributed by atoms with Crippen molar-refractivity contribution in [2.24, 2.45) is 0 Å². The van der Waals surface area contributed by atoms with Gasteiger partial charge in [-0.25, -0.2) is 18.0 Å². The molecule has 2 heterocycles. The summed E-state index contributed by atoms with van der Waals surface area (Å²) in [6, 6.07) is 24.8. The number of thiophene rings is 1. The number of aromatic nitrogens is 1. The molecule has 0 saturated carbocycles. The summed E-state index contributed by atoms with van der Waals surface area (Å²) < 4.78 is 56.0. The molecule has 0 atom stereocenters. The van der Waals surface area contributed by atoms with Crippen LogP contribution in [0.5, 0.6) is 28.7 Å². The average molecular weight is 855 g/mol. The number of sulfonamides is 1. The maximum atomic E-state index is 13.5. The largest absolute Gasteiger partial charge is 0.497 e. The van der Waals surface area contributed by atoms with Crippen LogP contribution in [-0.2, 0) is 33.2 Å². The highest BCUT2D eigenvalue weighted by atomic mass is 32.2. The molecule has 2 amide bonds. The standard InChI is InChI=1S/C44H46N4O10S2/c1-44(2,3)29-21-37(41(55-5)38(22-29)48-60(6,52)53)47-43(51)46-36-11-12-39(35-10-8-7-9-34(35)36)58-31-13-14-45-30(23-31)17-27-18-32(54-4)24-33(19-27)57-16-15-56-25-28-20-40(42(49)50)59-26-28/h7-14,18-24,26,48H,15-17,25H2,1-6H3,(H,49,50)(H2,46,47,51). The zero-order valence-electron chi connectivity index (χ0n) is 34.0. The molecule has 60 heavy (non-hydrogen) atoms. The molecule has 0 unspecified atom stereocenters. The van der Waals surface area contributed by atoms with Gasteiger partial charge in [-0.3, -0.25) is 9.71 Å². The molecule has 314 valence electrons. The van der Waals surface area contributed by atoms with E-state index in [1.807, 2.05) is 63.2 Å². The van der Waals surface area contributed by atoms with Gasteiger partial charge in [0.1, 0.15) is 34.5 Å². The number of hydrogen-bond acceptors (Lipinski definition) is 11. The van der Waals surface area contributed by atoms with Crippen LogP contribution in [0, 0.1) is 0 Å². The van der Waals surface area contributed by atoms with Crippen LogP contribution in [0.2, 0.25) is 0 Å². The van der Waals surface area contributed by atoms with E-state index in [1.165, 1.54) is 7.11 Å². The Hall–Kier alpha value is -6.36. The van der Waals surface area contributed by atoms with Gasteiger partial charge in [-0.2, -0.15) is 0 Å². The zero-order valence-corrected chi connectivity index (χ0v) is 35.6. The molecule has 6 rings (SSSR count). The van der Waals surface area contributed by atoms with Crippen molar-refractivity contribution < 1.29 is 46.8 Å². The molecule has 4 N–H and O–H groups in total. The molecule has 0 radical (unpaired) electrons. The van der Waals surface area contributed by atoms with Crippen molar-refractivity contribution in [3.63, 3.8) is 0 Å². The van der Waals surface area contributed by atoms with E-state index in [-0.39, 0.29) is 34.9 Å². The molecular formula is C44H46N4O10S2. The van der Waals surface area contributed by atoms with E-state index in [4.69, 9.17) is 28.8 Å². The summed E-state index contributed by atoms with van der Waals surface area (Å²) in [6.45, 7) is 6.82. The van der Waals surface area contributed by atoms with Crippen LogP contribution in [0.15, 0.2) is 96.5 Å². The van der Waals surface area contributed by atoms with Crippen molar-refractivity contribution in [2.75, 3.05) is 49.0 Å². The first-order chi connectivity index (χ1) is 28.6. The van der Waals surface area contributed by atoms with Crippen LogP contribution in [0.25, 0.3) is 10.8 Å². The fraction of sp³-hybridized carbons (Fsp3) is 0.250. The van der Waals surface area contributed by atoms with Crippen LogP contribution in [-0.4, -0.2) is 64.2 Å². The number of benzene rings is 4. The van der Waals surface area contributed by atoms with Crippen LogP contribution in [0.4, 0.5) is 21.9 Å². The summed E-state index contributed by atoms with van der Waals surface area (Å²) in [5.74, 6) is 1.55. The second-order valence-electron chi connectivity index (χ2n) is 14.8. The molecule has 14 nitrogen and oxygen atoms in total. The number of amides is 2. The Bertz CT molecular complexity index is 2620. The molecule has 0 aliphatic carbocycles. The summed E-state index contributed by atoms with van der Waals surface area (Å²) in [5, 5.41) is 18.1. The quantitative estimate of drug-likeness (QED) is 0.0642. The maximum absolute atomic E-state index is 13.5. The molecule has 6 aromatic rings. The predicted octanol–water partition coefficient (Wildman–Crippen LogP) is 9.30. The molecule has 0 spiro atoms. The van der Waals surface area contributed by atoms with Crippen LogP contribution < -0.4 is 34.3 Å². The lowest BCUT2D eigenvalue weighted by molar-refractivity contribution is 0.0701. The summed E-state index contributed by atoms with van der Waals surface area (Å²) >= 11 is 1.16. The molecule has 0 fully saturated rings. The van der Waals surface area contributed by atoms with Gasteiger partial charge in [-0.15, -0.1) is 11.3 Å². The number of carbonyl (C=O) groups is 2. The summed E-state index contributed by atoms with van der Waals surface area (Å²) in [6.07, 6.45) is 3.18. The Balaban J connectivity index is 1.13. The normalized spacial score (nSPS) is 11.5. The van der Waals surface area contributed by atoms with Gasteiger partial charge in [0.2, 0.25) is 10.0 Å². The number of carbonyl (C=O) groups excluding carboxylic acids is 1. The van der Waals surface area contributed by atoms with Crippen molar-refractivity contribution in [1.29, 1.82) is 0 Å². The zero-order chi connectivity index (χ0) is 43.0. The first kappa shape index (κ1) is 43.2. The third-order valence-electron chi connectivity index (χ3n) is 9.04. The van der Waals surface area contributed by atoms with Gasteiger partial charge in [0.05, 0.1) is 50.8 Å². The smallest absolute Gasteiger partial charge is 0.345 e. The second-order valence-corrected chi connectivity index (χ2v) is 17.4. The van der Waals surface area contributed by atoms with Crippen molar-refractivity contribution in [1.82, 2.24) is 4.98 Å². The Morgan fingerprint density at radius 1 is 0.800 bits per heavy atom. The number of ether oxygens (including phenoxy) is 5. The van der Waals surface area contributed by atoms with Crippen molar-refractivity contribution in [2.45, 2.75) is 39.2 Å². The lowest BCUT2D eigenvalue weighted by atomic mass is 9.86. The van der Waals surface area contributed by atoms with E-state index >= 15 is 0 Å². The third kappa shape index (κ3) is 11.4. The summed E-state index contributed by atoms with van der Waals surface area (Å²) in [5.41, 5.74) is 3.87. The van der Waals surface area contributed by atoms with Gasteiger partial charge in [-0.05, 0) is 76.0 Å². The Kier molecular flexibility index (Phi) is 13.5. The maximum Gasteiger partial charge on any atom is 0.345 e. The van der Waals surface area contributed by atoms with Gasteiger partial charge in [0.25, 0.3) is 0 Å². The van der Waals surface area contributed by atoms with Crippen LogP contribution in [0.1, 0.15) is 52.8 Å². The van der Waals surface area contributed by atoms with Crippen molar-refractivity contribution >= 4 is 61.2 Å². The number of nitrogens with one attached hydrogen (secondary N) is 3. The van der Waals surface area contributed by atoms with Gasteiger partial charge in [0.15, 0.2) is 5.75 Å². The van der Waals surface area contributed by atoms with E-state index in [0.29, 0.717) is 47.4 Å². The van der Waals surface area contributed by atoms with Crippen LogP contribution in [0.3, 0.4) is 0 Å². The van der Waals surface area contributed by atoms with Crippen LogP contribution >= 0.6 is 11.3 Å². The molecule has 16 heteroatoms. The summed E-state index contributed by atoms with van der Waals surface area (Å²) in [7, 11) is -0.657. The highest BCUT2D eigenvalue weighted by Gasteiger charge is 2.23. The molecule has 4 aromatic carbocycles. The lowest BCUT2D eigenvalue weighted by Crippen LogP contribution is -2.22. The number of pyridine rings is 1. The average Bonchev–Trinajstić information content (AvgIpc) is 3.67. The van der Waals surface area contributed by atoms with E-state index in [0.717, 1.165) is 50.7 Å².